The molecule has 0 heterocycles. The molecule has 0 amide bonds. The highest BCUT2D eigenvalue weighted by atomic mass is 32.3. The number of nitrogens with one attached hydrogen (secondary N) is 1. The van der Waals surface area contributed by atoms with Crippen LogP contribution in [0.2, 0.25) is 0 Å². The van der Waals surface area contributed by atoms with E-state index in [1.165, 1.54) is 0 Å². The summed E-state index contributed by atoms with van der Waals surface area (Å²) in [7, 11) is -1.84. The summed E-state index contributed by atoms with van der Waals surface area (Å²) in [6.45, 7) is 0. The van der Waals surface area contributed by atoms with Crippen molar-refractivity contribution in [3.63, 3.8) is 0 Å². The summed E-state index contributed by atoms with van der Waals surface area (Å²) in [4.78, 5) is 5.85. The van der Waals surface area contributed by atoms with Crippen LogP contribution in [0.5, 0.6) is 0 Å². The Bertz CT molecular complexity index is 380. The molecule has 0 radical (unpaired) electrons. The first kappa shape index (κ1) is 22.2. The lowest BCUT2D eigenvalue weighted by molar-refractivity contribution is 0.378. The largest absolute Gasteiger partial charge is 0.394 e. The summed E-state index contributed by atoms with van der Waals surface area (Å²) in [6, 6.07) is 0. The third-order valence-corrected chi connectivity index (χ3v) is 0.859. The normalized spacial score (nSPS) is 11.4. The zero-order chi connectivity index (χ0) is 15.6. The first-order chi connectivity index (χ1) is 7.72. The van der Waals surface area contributed by atoms with Crippen LogP contribution in [0.3, 0.4) is 0 Å². The van der Waals surface area contributed by atoms with E-state index in [9.17, 15) is 0 Å². The van der Waals surface area contributed by atoms with Crippen LogP contribution >= 0.6 is 0 Å². The van der Waals surface area contributed by atoms with Gasteiger partial charge in [0, 0.05) is 28.2 Å². The van der Waals surface area contributed by atoms with E-state index < -0.39 is 20.8 Å². The van der Waals surface area contributed by atoms with Gasteiger partial charge in [0.15, 0.2) is 5.96 Å². The maximum Gasteiger partial charge on any atom is 0.394 e. The summed E-state index contributed by atoms with van der Waals surface area (Å²) in [5.41, 5.74) is 0. The maximum absolute atomic E-state index is 8.74. The van der Waals surface area contributed by atoms with E-state index >= 15 is 0 Å². The highest BCUT2D eigenvalue weighted by Crippen LogP contribution is 1.73. The Morgan fingerprint density at radius 2 is 1.22 bits per heavy atom. The minimum atomic E-state index is -4.67. The molecule has 0 fully saturated rings. The second kappa shape index (κ2) is 9.98. The van der Waals surface area contributed by atoms with Crippen molar-refractivity contribution in [2.24, 2.45) is 4.99 Å². The van der Waals surface area contributed by atoms with Gasteiger partial charge in [0.25, 0.3) is 0 Å². The topological polar surface area (TPSA) is 177 Å². The predicted molar refractivity (Wildman–Crippen MR) is 64.5 cm³/mol. The molecule has 18 heavy (non-hydrogen) atoms. The molecule has 5 N–H and O–H groups in total. The molecule has 0 spiro atoms. The van der Waals surface area contributed by atoms with E-state index in [2.05, 4.69) is 10.3 Å². The van der Waals surface area contributed by atoms with Gasteiger partial charge in [-0.3, -0.25) is 23.2 Å². The molecule has 13 heteroatoms. The fourth-order valence-corrected chi connectivity index (χ4v) is 0.535. The Labute approximate surface area is 106 Å². The van der Waals surface area contributed by atoms with Crippen molar-refractivity contribution >= 4 is 26.8 Å². The Kier molecular flexibility index (Phi) is 12.3. The molecule has 0 aromatic carbocycles. The molecule has 0 aromatic heterocycles. The van der Waals surface area contributed by atoms with Crippen molar-refractivity contribution < 1.29 is 35.0 Å². The predicted octanol–water partition coefficient (Wildman–Crippen LogP) is -1.55. The summed E-state index contributed by atoms with van der Waals surface area (Å²) >= 11 is 0. The van der Waals surface area contributed by atoms with Gasteiger partial charge in [-0.25, -0.2) is 0 Å². The molecular formula is C5H17N3O8S2. The molecule has 0 aliphatic heterocycles. The van der Waals surface area contributed by atoms with Crippen LogP contribution in [0.1, 0.15) is 0 Å². The lowest BCUT2D eigenvalue weighted by Crippen LogP contribution is -2.33. The van der Waals surface area contributed by atoms with Crippen LogP contribution in [-0.4, -0.2) is 74.1 Å². The van der Waals surface area contributed by atoms with Gasteiger partial charge in [-0.05, 0) is 0 Å². The van der Waals surface area contributed by atoms with Crippen LogP contribution in [0.4, 0.5) is 0 Å². The molecule has 0 atom stereocenters. The number of rotatable bonds is 0. The van der Waals surface area contributed by atoms with E-state index in [1.54, 1.807) is 7.05 Å². The number of aliphatic imine (C=N–C) groups is 1. The highest BCUT2D eigenvalue weighted by molar-refractivity contribution is 7.80. The van der Waals surface area contributed by atoms with Crippen LogP contribution in [0.15, 0.2) is 4.99 Å². The lowest BCUT2D eigenvalue weighted by atomic mass is 10.8. The maximum atomic E-state index is 8.74. The molecule has 0 rings (SSSR count). The molecule has 11 nitrogen and oxygen atoms in total. The van der Waals surface area contributed by atoms with E-state index in [0.717, 1.165) is 5.96 Å². The Hall–Kier alpha value is -0.990. The summed E-state index contributed by atoms with van der Waals surface area (Å²) in [5.74, 6) is 0.894. The van der Waals surface area contributed by atoms with Crippen molar-refractivity contribution in [1.29, 1.82) is 0 Å². The van der Waals surface area contributed by atoms with Crippen molar-refractivity contribution in [3.8, 4) is 0 Å². The Morgan fingerprint density at radius 3 is 1.22 bits per heavy atom. The van der Waals surface area contributed by atoms with Gasteiger partial charge >= 0.3 is 20.8 Å². The van der Waals surface area contributed by atoms with Crippen LogP contribution in [0, 0.1) is 0 Å². The summed E-state index contributed by atoms with van der Waals surface area (Å²) < 4.78 is 63.2. The smallest absolute Gasteiger partial charge is 0.359 e. The quantitative estimate of drug-likeness (QED) is 0.200. The van der Waals surface area contributed by atoms with Gasteiger partial charge in [0.1, 0.15) is 0 Å². The first-order valence-electron chi connectivity index (χ1n) is 3.94. The fourth-order valence-electron chi connectivity index (χ4n) is 0.535. The monoisotopic (exact) mass is 311 g/mol. The van der Waals surface area contributed by atoms with Gasteiger partial charge in [0.2, 0.25) is 0 Å². The zero-order valence-electron chi connectivity index (χ0n) is 10.1. The molecular weight excluding hydrogens is 294 g/mol. The fraction of sp³-hybridized carbons (Fsp3) is 0.800. The first-order valence-corrected chi connectivity index (χ1v) is 6.73. The highest BCUT2D eigenvalue weighted by Gasteiger charge is 1.91. The van der Waals surface area contributed by atoms with E-state index in [4.69, 9.17) is 35.0 Å². The molecule has 0 aliphatic carbocycles. The second-order valence-corrected chi connectivity index (χ2v) is 4.38. The van der Waals surface area contributed by atoms with Crippen molar-refractivity contribution in [3.05, 3.63) is 0 Å². The minimum absolute atomic E-state index is 0.894. The van der Waals surface area contributed by atoms with E-state index in [0.29, 0.717) is 0 Å². The molecule has 0 bridgehead atoms. The minimum Gasteiger partial charge on any atom is -0.359 e. The van der Waals surface area contributed by atoms with Crippen molar-refractivity contribution in [1.82, 2.24) is 10.2 Å². The number of hydrogen-bond donors (Lipinski definition) is 5. The Balaban J connectivity index is -0.000000197. The average molecular weight is 311 g/mol. The molecule has 0 aromatic rings. The van der Waals surface area contributed by atoms with Gasteiger partial charge in [-0.1, -0.05) is 0 Å². The second-order valence-electron chi connectivity index (χ2n) is 2.59. The molecule has 0 unspecified atom stereocenters. The van der Waals surface area contributed by atoms with Crippen LogP contribution in [-0.2, 0) is 20.8 Å². The summed E-state index contributed by atoms with van der Waals surface area (Å²) in [6.07, 6.45) is 0. The lowest BCUT2D eigenvalue weighted by Gasteiger charge is -2.12. The molecule has 0 saturated carbocycles. The van der Waals surface area contributed by atoms with Crippen LogP contribution < -0.4 is 5.32 Å². The van der Waals surface area contributed by atoms with Crippen LogP contribution in [0.25, 0.3) is 0 Å². The van der Waals surface area contributed by atoms with Crippen molar-refractivity contribution in [2.45, 2.75) is 0 Å². The number of guanidine groups is 1. The standard InChI is InChI=1S/C5H13N3.2H2O4S/c1-6-5(7-2)8(3)4;2*1-5(2,3)4/h1-4H3,(H,6,7);2*(H2,1,2,3,4). The summed E-state index contributed by atoms with van der Waals surface area (Å²) in [5, 5.41) is 2.93. The van der Waals surface area contributed by atoms with Gasteiger partial charge in [-0.15, -0.1) is 0 Å². The molecule has 0 saturated heterocycles. The molecule has 0 aliphatic rings. The van der Waals surface area contributed by atoms with E-state index in [-0.39, 0.29) is 0 Å². The number of nitrogens with zero attached hydrogens (tertiary/aromatic N) is 2. The van der Waals surface area contributed by atoms with Gasteiger partial charge < -0.3 is 10.2 Å². The number of hydrogen-bond acceptors (Lipinski definition) is 5. The third kappa shape index (κ3) is 60.0. The van der Waals surface area contributed by atoms with Gasteiger partial charge in [-0.2, -0.15) is 16.8 Å². The Morgan fingerprint density at radius 1 is 1.00 bits per heavy atom. The third-order valence-electron chi connectivity index (χ3n) is 0.859. The zero-order valence-corrected chi connectivity index (χ0v) is 11.8. The van der Waals surface area contributed by atoms with Crippen molar-refractivity contribution in [2.75, 3.05) is 28.2 Å². The average Bonchev–Trinajstić information content (AvgIpc) is 1.98. The van der Waals surface area contributed by atoms with Gasteiger partial charge in [0.05, 0.1) is 0 Å². The SMILES string of the molecule is CN=C(NC)N(C)C.O=S(=O)(O)O.O=S(=O)(O)O. The molecule has 112 valence electrons. The van der Waals surface area contributed by atoms with E-state index in [1.807, 2.05) is 26.0 Å².